The molecule has 1 aliphatic rings. The van der Waals surface area contributed by atoms with Gasteiger partial charge in [-0.15, -0.1) is 0 Å². The van der Waals surface area contributed by atoms with E-state index in [1.807, 2.05) is 42.5 Å². The molecular weight excluding hydrogens is 284 g/mol. The third-order valence-corrected chi connectivity index (χ3v) is 3.78. The first-order chi connectivity index (χ1) is 9.99. The van der Waals surface area contributed by atoms with E-state index in [1.54, 1.807) is 26.0 Å². The average molecular weight is 299 g/mol. The van der Waals surface area contributed by atoms with Gasteiger partial charge in [-0.05, 0) is 43.7 Å². The Hall–Kier alpha value is -2.06. The van der Waals surface area contributed by atoms with Crippen LogP contribution in [0.4, 0.5) is 0 Å². The molecule has 0 unspecified atom stereocenters. The number of halogens is 1. The van der Waals surface area contributed by atoms with Gasteiger partial charge in [-0.1, -0.05) is 41.9 Å². The summed E-state index contributed by atoms with van der Waals surface area (Å²) < 4.78 is 5.94. The maximum atomic E-state index is 12.7. The van der Waals surface area contributed by atoms with Crippen molar-refractivity contribution in [2.75, 3.05) is 0 Å². The summed E-state index contributed by atoms with van der Waals surface area (Å²) in [6, 6.07) is 16.9. The molecule has 2 aromatic rings. The van der Waals surface area contributed by atoms with Gasteiger partial charge in [0, 0.05) is 10.6 Å². The predicted octanol–water partition coefficient (Wildman–Crippen LogP) is 4.59. The van der Waals surface area contributed by atoms with Crippen molar-refractivity contribution < 1.29 is 9.53 Å². The lowest BCUT2D eigenvalue weighted by Gasteiger charge is -2.17. The van der Waals surface area contributed by atoms with Crippen molar-refractivity contribution in [1.82, 2.24) is 0 Å². The molecule has 0 spiro atoms. The highest BCUT2D eigenvalue weighted by atomic mass is 35.5. The summed E-state index contributed by atoms with van der Waals surface area (Å²) in [5.74, 6) is 0.617. The van der Waals surface area contributed by atoms with Crippen LogP contribution in [0, 0.1) is 0 Å². The van der Waals surface area contributed by atoms with Gasteiger partial charge in [-0.3, -0.25) is 4.79 Å². The topological polar surface area (TPSA) is 26.3 Å². The zero-order chi connectivity index (χ0) is 15.0. The van der Waals surface area contributed by atoms with Gasteiger partial charge in [0.15, 0.2) is 5.60 Å². The zero-order valence-corrected chi connectivity index (χ0v) is 12.6. The van der Waals surface area contributed by atoms with Gasteiger partial charge < -0.3 is 4.74 Å². The summed E-state index contributed by atoms with van der Waals surface area (Å²) in [7, 11) is 0. The van der Waals surface area contributed by atoms with Crippen LogP contribution in [0.5, 0.6) is 0 Å². The average Bonchev–Trinajstić information content (AvgIpc) is 2.71. The number of ketones is 1. The van der Waals surface area contributed by atoms with Crippen molar-refractivity contribution >= 4 is 28.7 Å². The third kappa shape index (κ3) is 2.47. The number of rotatable bonds is 2. The fraction of sp³-hybridized carbons (Fsp3) is 0.167. The van der Waals surface area contributed by atoms with E-state index >= 15 is 0 Å². The van der Waals surface area contributed by atoms with Crippen LogP contribution in [0.25, 0.3) is 11.3 Å². The second-order valence-electron chi connectivity index (χ2n) is 5.52. The highest BCUT2D eigenvalue weighted by molar-refractivity contribution is 6.33. The fourth-order valence-electron chi connectivity index (χ4n) is 2.43. The summed E-state index contributed by atoms with van der Waals surface area (Å²) in [6.45, 7) is 3.59. The summed E-state index contributed by atoms with van der Waals surface area (Å²) in [4.78, 5) is 12.7. The van der Waals surface area contributed by atoms with Crippen molar-refractivity contribution in [3.05, 3.63) is 70.7 Å². The predicted molar refractivity (Wildman–Crippen MR) is 84.9 cm³/mol. The van der Waals surface area contributed by atoms with Crippen LogP contribution in [-0.4, -0.2) is 11.4 Å². The number of carbonyl (C=O) groups excluding carboxylic acids is 1. The normalized spacial score (nSPS) is 17.0. The first-order valence-corrected chi connectivity index (χ1v) is 7.16. The summed E-state index contributed by atoms with van der Waals surface area (Å²) in [5.41, 5.74) is 1.51. The van der Waals surface area contributed by atoms with Crippen LogP contribution in [-0.2, 0) is 9.53 Å². The number of hydrogen-bond donors (Lipinski definition) is 0. The maximum Gasteiger partial charge on any atom is 0.210 e. The van der Waals surface area contributed by atoms with Crippen molar-refractivity contribution in [3.8, 4) is 0 Å². The minimum absolute atomic E-state index is 0.00125. The van der Waals surface area contributed by atoms with E-state index in [2.05, 4.69) is 0 Å². The molecule has 3 rings (SSSR count). The number of Topliss-reactive ketones (excluding diaryl/α,β-unsaturated/α-hetero) is 1. The second kappa shape index (κ2) is 5.05. The first kappa shape index (κ1) is 13.9. The molecule has 0 aliphatic carbocycles. The minimum atomic E-state index is -0.847. The van der Waals surface area contributed by atoms with E-state index in [1.165, 1.54) is 0 Å². The molecule has 2 nitrogen and oxygen atoms in total. The number of benzene rings is 2. The summed E-state index contributed by atoms with van der Waals surface area (Å²) >= 11 is 5.93. The minimum Gasteiger partial charge on any atom is -0.478 e. The van der Waals surface area contributed by atoms with Gasteiger partial charge in [-0.25, -0.2) is 0 Å². The molecule has 0 saturated carbocycles. The highest BCUT2D eigenvalue weighted by Crippen LogP contribution is 2.41. The molecule has 3 heteroatoms. The molecule has 0 N–H and O–H groups in total. The molecule has 0 aromatic heterocycles. The molecule has 0 bridgehead atoms. The lowest BCUT2D eigenvalue weighted by atomic mass is 9.93. The largest absolute Gasteiger partial charge is 0.478 e. The van der Waals surface area contributed by atoms with Crippen molar-refractivity contribution in [1.29, 1.82) is 0 Å². The van der Waals surface area contributed by atoms with E-state index in [-0.39, 0.29) is 5.78 Å². The first-order valence-electron chi connectivity index (χ1n) is 6.78. The van der Waals surface area contributed by atoms with Gasteiger partial charge in [0.1, 0.15) is 5.76 Å². The Labute approximate surface area is 129 Å². The smallest absolute Gasteiger partial charge is 0.210 e. The van der Waals surface area contributed by atoms with Crippen molar-refractivity contribution in [2.24, 2.45) is 0 Å². The highest BCUT2D eigenvalue weighted by Gasteiger charge is 2.42. The van der Waals surface area contributed by atoms with E-state index in [9.17, 15) is 4.79 Å². The van der Waals surface area contributed by atoms with E-state index in [4.69, 9.17) is 16.3 Å². The van der Waals surface area contributed by atoms with Gasteiger partial charge in [-0.2, -0.15) is 0 Å². The quantitative estimate of drug-likeness (QED) is 0.811. The van der Waals surface area contributed by atoms with Gasteiger partial charge in [0.05, 0.1) is 5.57 Å². The molecule has 21 heavy (non-hydrogen) atoms. The Morgan fingerprint density at radius 1 is 0.905 bits per heavy atom. The monoisotopic (exact) mass is 298 g/mol. The van der Waals surface area contributed by atoms with E-state index in [0.717, 1.165) is 11.1 Å². The summed E-state index contributed by atoms with van der Waals surface area (Å²) in [6.07, 6.45) is 0. The van der Waals surface area contributed by atoms with Crippen LogP contribution < -0.4 is 0 Å². The molecule has 0 amide bonds. The SMILES string of the molecule is CC1(C)OC(c2ccc(Cl)cc2)=C(c2ccccc2)C1=O. The Bertz CT molecular complexity index is 713. The molecule has 2 aromatic carbocycles. The molecule has 1 aliphatic heterocycles. The van der Waals surface area contributed by atoms with Gasteiger partial charge in [0.25, 0.3) is 0 Å². The Morgan fingerprint density at radius 3 is 2.14 bits per heavy atom. The van der Waals surface area contributed by atoms with Crippen LogP contribution >= 0.6 is 11.6 Å². The van der Waals surface area contributed by atoms with Crippen LogP contribution in [0.15, 0.2) is 54.6 Å². The molecular formula is C18H15ClO2. The molecule has 0 saturated heterocycles. The standard InChI is InChI=1S/C18H15ClO2/c1-18(2)17(20)15(12-6-4-3-5-7-12)16(21-18)13-8-10-14(19)11-9-13/h3-11H,1-2H3. The third-order valence-electron chi connectivity index (χ3n) is 3.53. The lowest BCUT2D eigenvalue weighted by molar-refractivity contribution is -0.125. The second-order valence-corrected chi connectivity index (χ2v) is 5.95. The van der Waals surface area contributed by atoms with E-state index < -0.39 is 5.60 Å². The Morgan fingerprint density at radius 2 is 1.52 bits per heavy atom. The Kier molecular flexibility index (Phi) is 3.34. The molecule has 0 radical (unpaired) electrons. The maximum absolute atomic E-state index is 12.7. The van der Waals surface area contributed by atoms with Crippen LogP contribution in [0.3, 0.4) is 0 Å². The van der Waals surface area contributed by atoms with Gasteiger partial charge in [0.2, 0.25) is 5.78 Å². The molecule has 106 valence electrons. The van der Waals surface area contributed by atoms with Crippen LogP contribution in [0.1, 0.15) is 25.0 Å². The molecule has 0 fully saturated rings. The molecule has 1 heterocycles. The van der Waals surface area contributed by atoms with E-state index in [0.29, 0.717) is 16.4 Å². The summed E-state index contributed by atoms with van der Waals surface area (Å²) in [5, 5.41) is 0.657. The van der Waals surface area contributed by atoms with Crippen molar-refractivity contribution in [3.63, 3.8) is 0 Å². The van der Waals surface area contributed by atoms with Gasteiger partial charge >= 0.3 is 0 Å². The zero-order valence-electron chi connectivity index (χ0n) is 11.9. The van der Waals surface area contributed by atoms with Crippen molar-refractivity contribution in [2.45, 2.75) is 19.4 Å². The number of hydrogen-bond acceptors (Lipinski definition) is 2. The Balaban J connectivity index is 2.19. The number of ether oxygens (including phenoxy) is 1. The number of carbonyl (C=O) groups is 1. The molecule has 0 atom stereocenters. The fourth-order valence-corrected chi connectivity index (χ4v) is 2.55. The lowest BCUT2D eigenvalue weighted by Crippen LogP contribution is -2.29. The van der Waals surface area contributed by atoms with Crippen LogP contribution in [0.2, 0.25) is 5.02 Å².